The molecule has 1 aromatic carbocycles. The highest BCUT2D eigenvalue weighted by molar-refractivity contribution is 7.90. The van der Waals surface area contributed by atoms with Crippen molar-refractivity contribution in [3.63, 3.8) is 0 Å². The second kappa shape index (κ2) is 11.4. The van der Waals surface area contributed by atoms with Crippen LogP contribution in [0, 0.1) is 12.8 Å². The van der Waals surface area contributed by atoms with Gasteiger partial charge in [-0.25, -0.2) is 32.9 Å². The molecule has 12 nitrogen and oxygen atoms in total. The van der Waals surface area contributed by atoms with Crippen LogP contribution in [0.5, 0.6) is 0 Å². The topological polar surface area (TPSA) is 157 Å². The molecular formula is C32H37N7O5S. The van der Waals surface area contributed by atoms with Crippen LogP contribution in [0.25, 0.3) is 5.65 Å². The van der Waals surface area contributed by atoms with Crippen LogP contribution >= 0.6 is 0 Å². The standard InChI is InChI=1S/C32H37N7O5S/c1-18-12-13-33-29(34-18)23-15-24(23)30(40)37-25-14-22(9-10-27(25)45(42,43)38-31(41)44-32(3,4)5)35-19(2)26-17-39-16-21(20-6-7-20)8-11-28(39)36-26/h8-14,16-17,19-20,23-24,35H,6-7,15H2,1-5H3,(H,37,40)(H,38,41)/t19?,23-,24-/m0/s1. The summed E-state index contributed by atoms with van der Waals surface area (Å²) in [5, 5.41) is 6.15. The predicted octanol–water partition coefficient (Wildman–Crippen LogP) is 5.44. The Morgan fingerprint density at radius 1 is 1.07 bits per heavy atom. The smallest absolute Gasteiger partial charge is 0.421 e. The van der Waals surface area contributed by atoms with Gasteiger partial charge >= 0.3 is 6.09 Å². The number of amides is 2. The molecule has 3 atom stereocenters. The van der Waals surface area contributed by atoms with Crippen molar-refractivity contribution in [1.82, 2.24) is 24.1 Å². The van der Waals surface area contributed by atoms with Gasteiger partial charge in [0.1, 0.15) is 22.0 Å². The number of nitrogens with one attached hydrogen (secondary N) is 3. The average molecular weight is 632 g/mol. The third-order valence-corrected chi connectivity index (χ3v) is 9.15. The minimum Gasteiger partial charge on any atom is -0.443 e. The van der Waals surface area contributed by atoms with Gasteiger partial charge in [-0.3, -0.25) is 4.79 Å². The first-order valence-corrected chi connectivity index (χ1v) is 16.5. The van der Waals surface area contributed by atoms with E-state index >= 15 is 0 Å². The van der Waals surface area contributed by atoms with E-state index in [0.717, 1.165) is 17.0 Å². The Labute approximate surface area is 262 Å². The third-order valence-electron chi connectivity index (χ3n) is 7.78. The molecule has 3 heterocycles. The number of aromatic nitrogens is 4. The van der Waals surface area contributed by atoms with E-state index in [2.05, 4.69) is 32.9 Å². The van der Waals surface area contributed by atoms with E-state index in [-0.39, 0.29) is 28.4 Å². The molecule has 3 aromatic heterocycles. The number of hydrogen-bond donors (Lipinski definition) is 3. The highest BCUT2D eigenvalue weighted by Gasteiger charge is 2.46. The number of benzene rings is 1. The molecule has 1 unspecified atom stereocenters. The molecule has 0 saturated heterocycles. The number of rotatable bonds is 9. The van der Waals surface area contributed by atoms with Crippen molar-refractivity contribution >= 4 is 39.0 Å². The van der Waals surface area contributed by atoms with Gasteiger partial charge in [-0.05, 0) is 95.7 Å². The lowest BCUT2D eigenvalue weighted by molar-refractivity contribution is -0.117. The van der Waals surface area contributed by atoms with Crippen molar-refractivity contribution in [2.75, 3.05) is 10.6 Å². The Bertz CT molecular complexity index is 1900. The normalized spacial score (nSPS) is 18.7. The molecule has 2 saturated carbocycles. The molecule has 2 fully saturated rings. The van der Waals surface area contributed by atoms with Crippen molar-refractivity contribution in [1.29, 1.82) is 0 Å². The van der Waals surface area contributed by atoms with Crippen LogP contribution in [0.4, 0.5) is 16.2 Å². The first-order valence-electron chi connectivity index (χ1n) is 15.0. The summed E-state index contributed by atoms with van der Waals surface area (Å²) >= 11 is 0. The molecule has 2 aliphatic carbocycles. The Balaban J connectivity index is 1.25. The maximum Gasteiger partial charge on any atom is 0.421 e. The number of hydrogen-bond acceptors (Lipinski definition) is 9. The van der Waals surface area contributed by atoms with Crippen molar-refractivity contribution in [3.05, 3.63) is 77.8 Å². The lowest BCUT2D eigenvalue weighted by atomic mass is 10.2. The third kappa shape index (κ3) is 7.08. The maximum atomic E-state index is 13.4. The SMILES string of the molecule is Cc1ccnc([C@H]2C[C@@H]2C(=O)Nc2cc(NC(C)c3cn4cc(C5CC5)ccc4n3)ccc2S(=O)(=O)NC(=O)OC(C)(C)C)n1. The summed E-state index contributed by atoms with van der Waals surface area (Å²) < 4.78 is 35.8. The highest BCUT2D eigenvalue weighted by atomic mass is 32.2. The molecule has 4 aromatic rings. The van der Waals surface area contributed by atoms with E-state index in [1.807, 2.05) is 35.2 Å². The zero-order valence-corrected chi connectivity index (χ0v) is 26.7. The van der Waals surface area contributed by atoms with E-state index in [4.69, 9.17) is 9.72 Å². The lowest BCUT2D eigenvalue weighted by Gasteiger charge is -2.20. The summed E-state index contributed by atoms with van der Waals surface area (Å²) in [5.41, 5.74) is 3.41. The van der Waals surface area contributed by atoms with Crippen LogP contribution in [0.1, 0.15) is 87.6 Å². The number of sulfonamides is 1. The van der Waals surface area contributed by atoms with Gasteiger partial charge in [-0.2, -0.15) is 0 Å². The minimum atomic E-state index is -4.41. The molecule has 0 radical (unpaired) electrons. The van der Waals surface area contributed by atoms with Gasteiger partial charge in [-0.15, -0.1) is 0 Å². The molecule has 0 aliphatic heterocycles. The predicted molar refractivity (Wildman–Crippen MR) is 168 cm³/mol. The average Bonchev–Trinajstić information content (AvgIpc) is 3.87. The fourth-order valence-corrected chi connectivity index (χ4v) is 6.30. The zero-order valence-electron chi connectivity index (χ0n) is 25.9. The van der Waals surface area contributed by atoms with Gasteiger partial charge in [0.05, 0.1) is 17.4 Å². The number of ether oxygens (including phenoxy) is 1. The van der Waals surface area contributed by atoms with Crippen LogP contribution < -0.4 is 15.4 Å². The van der Waals surface area contributed by atoms with E-state index in [1.165, 1.54) is 24.5 Å². The minimum absolute atomic E-state index is 0.0214. The molecule has 0 bridgehead atoms. The number of aryl methyl sites for hydroxylation is 1. The molecule has 2 aliphatic rings. The second-order valence-corrected chi connectivity index (χ2v) is 14.5. The van der Waals surface area contributed by atoms with Crippen molar-refractivity contribution < 1.29 is 22.7 Å². The number of fused-ring (bicyclic) bond motifs is 1. The van der Waals surface area contributed by atoms with Crippen LogP contribution in [0.3, 0.4) is 0 Å². The summed E-state index contributed by atoms with van der Waals surface area (Å²) in [6, 6.07) is 10.1. The quantitative estimate of drug-likeness (QED) is 0.219. The Morgan fingerprint density at radius 3 is 2.56 bits per heavy atom. The van der Waals surface area contributed by atoms with E-state index in [9.17, 15) is 18.0 Å². The summed E-state index contributed by atoms with van der Waals surface area (Å²) in [6.07, 6.45) is 7.60. The summed E-state index contributed by atoms with van der Waals surface area (Å²) in [5.74, 6) is 0.252. The molecular weight excluding hydrogens is 594 g/mol. The van der Waals surface area contributed by atoms with Crippen LogP contribution in [-0.4, -0.2) is 45.4 Å². The van der Waals surface area contributed by atoms with Crippen molar-refractivity contribution in [2.45, 2.75) is 82.3 Å². The van der Waals surface area contributed by atoms with E-state index in [0.29, 0.717) is 23.9 Å². The van der Waals surface area contributed by atoms with Gasteiger partial charge in [0, 0.05) is 41.8 Å². The van der Waals surface area contributed by atoms with Gasteiger partial charge in [-0.1, -0.05) is 6.07 Å². The van der Waals surface area contributed by atoms with E-state index < -0.39 is 27.6 Å². The Kier molecular flexibility index (Phi) is 7.76. The number of anilines is 2. The highest BCUT2D eigenvalue weighted by Crippen LogP contribution is 2.47. The first kappa shape index (κ1) is 30.5. The van der Waals surface area contributed by atoms with Gasteiger partial charge in [0.15, 0.2) is 0 Å². The monoisotopic (exact) mass is 631 g/mol. The van der Waals surface area contributed by atoms with Crippen LogP contribution in [0.15, 0.2) is 59.9 Å². The summed E-state index contributed by atoms with van der Waals surface area (Å²) in [7, 11) is -4.41. The summed E-state index contributed by atoms with van der Waals surface area (Å²) in [6.45, 7) is 8.70. The van der Waals surface area contributed by atoms with Crippen LogP contribution in [-0.2, 0) is 19.6 Å². The molecule has 236 valence electrons. The number of nitrogens with zero attached hydrogens (tertiary/aromatic N) is 4. The fourth-order valence-electron chi connectivity index (χ4n) is 5.28. The van der Waals surface area contributed by atoms with E-state index in [1.54, 1.807) is 45.2 Å². The number of carbonyl (C=O) groups excluding carboxylic acids is 2. The number of carbonyl (C=O) groups is 2. The summed E-state index contributed by atoms with van der Waals surface area (Å²) in [4.78, 5) is 39.0. The van der Waals surface area contributed by atoms with Gasteiger partial charge < -0.3 is 19.8 Å². The number of imidazole rings is 1. The van der Waals surface area contributed by atoms with Gasteiger partial charge in [0.25, 0.3) is 10.0 Å². The molecule has 3 N–H and O–H groups in total. The van der Waals surface area contributed by atoms with Crippen molar-refractivity contribution in [3.8, 4) is 0 Å². The maximum absolute atomic E-state index is 13.4. The fraction of sp³-hybridized carbons (Fsp3) is 0.406. The van der Waals surface area contributed by atoms with Gasteiger partial charge in [0.2, 0.25) is 5.91 Å². The Hall–Kier alpha value is -4.52. The number of pyridine rings is 1. The molecule has 6 rings (SSSR count). The van der Waals surface area contributed by atoms with Crippen molar-refractivity contribution in [2.24, 2.45) is 5.92 Å². The zero-order chi connectivity index (χ0) is 32.1. The molecule has 13 heteroatoms. The Morgan fingerprint density at radius 2 is 1.84 bits per heavy atom. The van der Waals surface area contributed by atoms with Crippen LogP contribution in [0.2, 0.25) is 0 Å². The molecule has 45 heavy (non-hydrogen) atoms. The largest absolute Gasteiger partial charge is 0.443 e. The first-order chi connectivity index (χ1) is 21.3. The molecule has 2 amide bonds. The second-order valence-electron chi connectivity index (χ2n) is 12.8. The molecule has 0 spiro atoms. The lowest BCUT2D eigenvalue weighted by Crippen LogP contribution is -2.36.